The van der Waals surface area contributed by atoms with Gasteiger partial charge in [0.1, 0.15) is 4.90 Å². The summed E-state index contributed by atoms with van der Waals surface area (Å²) < 4.78 is 30.2. The van der Waals surface area contributed by atoms with Gasteiger partial charge in [0.15, 0.2) is 0 Å². The summed E-state index contributed by atoms with van der Waals surface area (Å²) in [4.78, 5) is -0.111. The molecular weight excluding hydrogens is 216 g/mol. The Hall–Kier alpha value is 0.130. The van der Waals surface area contributed by atoms with E-state index in [1.165, 1.54) is 18.2 Å². The van der Waals surface area contributed by atoms with Gasteiger partial charge in [-0.3, -0.25) is 4.55 Å². The summed E-state index contributed by atoms with van der Waals surface area (Å²) in [6.07, 6.45) is 1.38. The quantitative estimate of drug-likeness (QED) is 0.595. The van der Waals surface area contributed by atoms with Gasteiger partial charge in [0.2, 0.25) is 0 Å². The Bertz CT molecular complexity index is 398. The molecule has 1 rings (SSSR count). The van der Waals surface area contributed by atoms with E-state index in [0.29, 0.717) is 5.56 Å². The molecule has 5 heteroatoms. The van der Waals surface area contributed by atoms with Crippen molar-refractivity contribution in [3.05, 3.63) is 36.4 Å². The van der Waals surface area contributed by atoms with Crippen molar-refractivity contribution >= 4 is 53.9 Å². The Balaban J connectivity index is 0.00000144. The monoisotopic (exact) mass is 226 g/mol. The minimum atomic E-state index is -4.12. The van der Waals surface area contributed by atoms with Crippen LogP contribution in [0.1, 0.15) is 5.56 Å². The molecule has 68 valence electrons. The van der Waals surface area contributed by atoms with Crippen LogP contribution < -0.4 is 0 Å². The minimum absolute atomic E-state index is 0. The first-order valence-electron chi connectivity index (χ1n) is 3.24. The third-order valence-electron chi connectivity index (χ3n) is 1.42. The van der Waals surface area contributed by atoms with Crippen LogP contribution in [0.5, 0.6) is 0 Å². The van der Waals surface area contributed by atoms with Crippen LogP contribution in [0.15, 0.2) is 35.7 Å². The SMILES string of the molecule is C=Cc1ccccc1S(=O)(=O)O.[CaH2]. The third-order valence-corrected chi connectivity index (χ3v) is 2.34. The van der Waals surface area contributed by atoms with E-state index in [2.05, 4.69) is 6.58 Å². The summed E-state index contributed by atoms with van der Waals surface area (Å²) in [5, 5.41) is 0. The van der Waals surface area contributed by atoms with Gasteiger partial charge in [0, 0.05) is 0 Å². The van der Waals surface area contributed by atoms with Crippen LogP contribution in [-0.2, 0) is 10.1 Å². The molecule has 0 spiro atoms. The maximum atomic E-state index is 10.7. The number of hydrogen-bond acceptors (Lipinski definition) is 2. The van der Waals surface area contributed by atoms with Crippen LogP contribution in [0.2, 0.25) is 0 Å². The van der Waals surface area contributed by atoms with E-state index in [1.54, 1.807) is 12.1 Å². The second-order valence-electron chi connectivity index (χ2n) is 2.22. The fraction of sp³-hybridized carbons (Fsp3) is 0. The zero-order chi connectivity index (χ0) is 9.19. The summed E-state index contributed by atoms with van der Waals surface area (Å²) in [5.74, 6) is 0. The molecule has 0 aliphatic carbocycles. The normalized spacial score (nSPS) is 10.2. The first kappa shape index (κ1) is 13.1. The molecule has 0 aliphatic rings. The van der Waals surface area contributed by atoms with Gasteiger partial charge in [-0.15, -0.1) is 0 Å². The van der Waals surface area contributed by atoms with Crippen molar-refractivity contribution in [1.82, 2.24) is 0 Å². The number of benzene rings is 1. The molecule has 0 saturated heterocycles. The predicted molar refractivity (Wildman–Crippen MR) is 54.9 cm³/mol. The number of hydrogen-bond donors (Lipinski definition) is 1. The van der Waals surface area contributed by atoms with Gasteiger partial charge in [0.25, 0.3) is 10.1 Å². The molecule has 0 heterocycles. The molecule has 1 aromatic carbocycles. The van der Waals surface area contributed by atoms with Crippen LogP contribution in [0.4, 0.5) is 0 Å². The third kappa shape index (κ3) is 3.40. The average Bonchev–Trinajstić information content (AvgIpc) is 2.03. The van der Waals surface area contributed by atoms with Gasteiger partial charge in [-0.2, -0.15) is 8.42 Å². The summed E-state index contributed by atoms with van der Waals surface area (Å²) >= 11 is 0. The van der Waals surface area contributed by atoms with Crippen molar-refractivity contribution in [2.24, 2.45) is 0 Å². The van der Waals surface area contributed by atoms with Gasteiger partial charge in [-0.1, -0.05) is 30.9 Å². The molecule has 0 aliphatic heterocycles. The fourth-order valence-electron chi connectivity index (χ4n) is 0.884. The zero-order valence-corrected chi connectivity index (χ0v) is 7.08. The van der Waals surface area contributed by atoms with E-state index in [-0.39, 0.29) is 42.6 Å². The summed E-state index contributed by atoms with van der Waals surface area (Å²) in [6.45, 7) is 3.43. The average molecular weight is 226 g/mol. The fourth-order valence-corrected chi connectivity index (χ4v) is 1.58. The zero-order valence-electron chi connectivity index (χ0n) is 6.27. The Morgan fingerprint density at radius 3 is 2.23 bits per heavy atom. The molecule has 0 fully saturated rings. The molecule has 3 nitrogen and oxygen atoms in total. The van der Waals surface area contributed by atoms with Crippen LogP contribution in [0.25, 0.3) is 6.08 Å². The predicted octanol–water partition coefficient (Wildman–Crippen LogP) is 0.660. The van der Waals surface area contributed by atoms with Crippen molar-refractivity contribution in [1.29, 1.82) is 0 Å². The number of rotatable bonds is 2. The van der Waals surface area contributed by atoms with Crippen molar-refractivity contribution in [3.8, 4) is 0 Å². The van der Waals surface area contributed by atoms with Gasteiger partial charge < -0.3 is 0 Å². The van der Waals surface area contributed by atoms with Crippen molar-refractivity contribution in [2.45, 2.75) is 4.90 Å². The molecule has 0 unspecified atom stereocenters. The van der Waals surface area contributed by atoms with E-state index in [9.17, 15) is 8.42 Å². The Morgan fingerprint density at radius 2 is 1.85 bits per heavy atom. The Labute approximate surface area is 107 Å². The van der Waals surface area contributed by atoms with Crippen molar-refractivity contribution < 1.29 is 13.0 Å². The molecule has 0 bridgehead atoms. The molecule has 1 aromatic rings. The topological polar surface area (TPSA) is 54.4 Å². The van der Waals surface area contributed by atoms with Gasteiger partial charge in [0.05, 0.1) is 0 Å². The van der Waals surface area contributed by atoms with Crippen LogP contribution in [0, 0.1) is 0 Å². The summed E-state index contributed by atoms with van der Waals surface area (Å²) in [5.41, 5.74) is 0.403. The van der Waals surface area contributed by atoms with E-state index >= 15 is 0 Å². The maximum absolute atomic E-state index is 10.7. The molecule has 0 saturated carbocycles. The molecule has 0 radical (unpaired) electrons. The van der Waals surface area contributed by atoms with E-state index in [0.717, 1.165) is 0 Å². The van der Waals surface area contributed by atoms with E-state index in [4.69, 9.17) is 4.55 Å². The Morgan fingerprint density at radius 1 is 1.31 bits per heavy atom. The first-order chi connectivity index (χ1) is 5.55. The first-order valence-corrected chi connectivity index (χ1v) is 4.68. The summed E-state index contributed by atoms with van der Waals surface area (Å²) in [6, 6.07) is 6.10. The second kappa shape index (κ2) is 5.12. The Kier molecular flexibility index (Phi) is 5.17. The van der Waals surface area contributed by atoms with E-state index < -0.39 is 10.1 Å². The molecule has 0 amide bonds. The standard InChI is InChI=1S/C8H8O3S.Ca.2H/c1-2-7-5-3-4-6-8(7)12(9,10)11;;;/h2-6H,1H2,(H,9,10,11);;;. The van der Waals surface area contributed by atoms with Crippen LogP contribution >= 0.6 is 0 Å². The molecule has 1 N–H and O–H groups in total. The summed E-state index contributed by atoms with van der Waals surface area (Å²) in [7, 11) is -4.12. The van der Waals surface area contributed by atoms with Crippen molar-refractivity contribution in [2.75, 3.05) is 0 Å². The van der Waals surface area contributed by atoms with Crippen LogP contribution in [0.3, 0.4) is 0 Å². The second-order valence-corrected chi connectivity index (χ2v) is 3.61. The van der Waals surface area contributed by atoms with Crippen LogP contribution in [-0.4, -0.2) is 50.7 Å². The molecular formula is C8H10CaO3S. The van der Waals surface area contributed by atoms with Crippen molar-refractivity contribution in [3.63, 3.8) is 0 Å². The molecule has 13 heavy (non-hydrogen) atoms. The molecule has 0 aromatic heterocycles. The van der Waals surface area contributed by atoms with Gasteiger partial charge >= 0.3 is 37.7 Å². The molecule has 0 atom stereocenters. The van der Waals surface area contributed by atoms with E-state index in [1.807, 2.05) is 0 Å². The van der Waals surface area contributed by atoms with Gasteiger partial charge in [-0.25, -0.2) is 0 Å². The van der Waals surface area contributed by atoms with Gasteiger partial charge in [-0.05, 0) is 11.6 Å².